The Morgan fingerprint density at radius 2 is 2.03 bits per heavy atom. The van der Waals surface area contributed by atoms with Gasteiger partial charge in [0.2, 0.25) is 5.91 Å². The summed E-state index contributed by atoms with van der Waals surface area (Å²) in [5.41, 5.74) is 5.93. The van der Waals surface area contributed by atoms with Gasteiger partial charge in [-0.2, -0.15) is 0 Å². The predicted molar refractivity (Wildman–Crippen MR) is 122 cm³/mol. The third-order valence-corrected chi connectivity index (χ3v) is 7.32. The zero-order valence-corrected chi connectivity index (χ0v) is 18.2. The number of amidine groups is 1. The van der Waals surface area contributed by atoms with E-state index < -0.39 is 0 Å². The fourth-order valence-electron chi connectivity index (χ4n) is 5.42. The van der Waals surface area contributed by atoms with Gasteiger partial charge in [-0.25, -0.2) is 4.39 Å². The first-order valence-electron chi connectivity index (χ1n) is 11.4. The Kier molecular flexibility index (Phi) is 4.39. The quantitative estimate of drug-likeness (QED) is 0.693. The van der Waals surface area contributed by atoms with E-state index >= 15 is 0 Å². The molecule has 2 aromatic rings. The van der Waals surface area contributed by atoms with Gasteiger partial charge >= 0.3 is 0 Å². The number of fused-ring (bicyclic) bond motifs is 2. The number of amides is 1. The molecule has 6 heteroatoms. The highest BCUT2D eigenvalue weighted by Gasteiger charge is 2.51. The number of oxime groups is 1. The lowest BCUT2D eigenvalue weighted by Gasteiger charge is -2.43. The van der Waals surface area contributed by atoms with Crippen molar-refractivity contribution in [1.82, 2.24) is 4.90 Å². The summed E-state index contributed by atoms with van der Waals surface area (Å²) in [5, 5.41) is 4.47. The van der Waals surface area contributed by atoms with E-state index in [0.29, 0.717) is 12.0 Å². The van der Waals surface area contributed by atoms with Crippen LogP contribution >= 0.6 is 0 Å². The highest BCUT2D eigenvalue weighted by molar-refractivity contribution is 6.03. The van der Waals surface area contributed by atoms with Gasteiger partial charge in [-0.3, -0.25) is 4.79 Å². The number of nitrogens with zero attached hydrogens (tertiary/aromatic N) is 3. The molecule has 1 spiro atoms. The van der Waals surface area contributed by atoms with E-state index in [0.717, 1.165) is 48.6 Å². The molecule has 3 heterocycles. The molecule has 0 N–H and O–H groups in total. The zero-order chi connectivity index (χ0) is 21.9. The minimum absolute atomic E-state index is 0.0356. The maximum Gasteiger partial charge on any atom is 0.223 e. The lowest BCUT2D eigenvalue weighted by molar-refractivity contribution is -0.116. The summed E-state index contributed by atoms with van der Waals surface area (Å²) in [7, 11) is 0. The first kappa shape index (κ1) is 19.5. The molecule has 2 fully saturated rings. The highest BCUT2D eigenvalue weighted by atomic mass is 19.1. The lowest BCUT2D eigenvalue weighted by Crippen LogP contribution is -2.48. The van der Waals surface area contributed by atoms with Crippen LogP contribution in [0.1, 0.15) is 48.9 Å². The minimum atomic E-state index is -0.225. The van der Waals surface area contributed by atoms with Crippen LogP contribution in [0.2, 0.25) is 0 Å². The SMILES string of the molecule is CC(=O)N1CCc2cc(/C=C3\CC4(CC4)CN4C3=NOCC4c3ccc(F)cc3)ccc21. The van der Waals surface area contributed by atoms with Crippen LogP contribution in [0.5, 0.6) is 0 Å². The number of anilines is 1. The van der Waals surface area contributed by atoms with Gasteiger partial charge in [-0.15, -0.1) is 0 Å². The van der Waals surface area contributed by atoms with Crippen LogP contribution in [-0.4, -0.2) is 36.3 Å². The monoisotopic (exact) mass is 431 g/mol. The van der Waals surface area contributed by atoms with Crippen molar-refractivity contribution in [2.24, 2.45) is 10.6 Å². The van der Waals surface area contributed by atoms with Gasteiger partial charge in [0, 0.05) is 25.7 Å². The number of piperidine rings is 1. The summed E-state index contributed by atoms with van der Waals surface area (Å²) in [6.07, 6.45) is 6.57. The van der Waals surface area contributed by atoms with Crippen LogP contribution in [0.3, 0.4) is 0 Å². The molecule has 0 aromatic heterocycles. The first-order valence-corrected chi connectivity index (χ1v) is 11.4. The van der Waals surface area contributed by atoms with Crippen molar-refractivity contribution >= 4 is 23.5 Å². The van der Waals surface area contributed by atoms with E-state index in [4.69, 9.17) is 4.84 Å². The standard InChI is InChI=1S/C26H26FN3O2/c1-17(31)29-11-8-20-12-18(2-7-23(20)29)13-21-14-26(9-10-26)16-30-24(15-32-28-25(21)30)19-3-5-22(27)6-4-19/h2-7,12-13,24H,8-11,14-16H2,1H3/b21-13+. The number of carbonyl (C=O) groups is 1. The van der Waals surface area contributed by atoms with Crippen molar-refractivity contribution in [3.8, 4) is 0 Å². The van der Waals surface area contributed by atoms with Gasteiger partial charge in [-0.1, -0.05) is 23.4 Å². The third-order valence-electron chi connectivity index (χ3n) is 7.32. The Morgan fingerprint density at radius 1 is 1.22 bits per heavy atom. The molecule has 5 nitrogen and oxygen atoms in total. The summed E-state index contributed by atoms with van der Waals surface area (Å²) in [6, 6.07) is 13.1. The van der Waals surface area contributed by atoms with Crippen molar-refractivity contribution in [2.75, 3.05) is 24.6 Å². The van der Waals surface area contributed by atoms with E-state index in [9.17, 15) is 9.18 Å². The molecular weight excluding hydrogens is 405 g/mol. The van der Waals surface area contributed by atoms with Crippen LogP contribution in [0.25, 0.3) is 6.08 Å². The number of benzene rings is 2. The second kappa shape index (κ2) is 7.19. The van der Waals surface area contributed by atoms with E-state index in [1.165, 1.54) is 36.1 Å². The predicted octanol–water partition coefficient (Wildman–Crippen LogP) is 4.69. The van der Waals surface area contributed by atoms with Crippen molar-refractivity contribution in [3.63, 3.8) is 0 Å². The fourth-order valence-corrected chi connectivity index (χ4v) is 5.42. The van der Waals surface area contributed by atoms with Crippen LogP contribution in [-0.2, 0) is 16.1 Å². The van der Waals surface area contributed by atoms with Crippen molar-refractivity contribution in [3.05, 3.63) is 70.5 Å². The van der Waals surface area contributed by atoms with E-state index in [-0.39, 0.29) is 17.8 Å². The van der Waals surface area contributed by atoms with Gasteiger partial charge in [0.15, 0.2) is 5.84 Å². The fraction of sp³-hybridized carbons (Fsp3) is 0.385. The maximum atomic E-state index is 13.5. The molecule has 2 aromatic carbocycles. The zero-order valence-electron chi connectivity index (χ0n) is 18.2. The molecule has 1 unspecified atom stereocenters. The molecule has 1 saturated heterocycles. The summed E-state index contributed by atoms with van der Waals surface area (Å²) >= 11 is 0. The Balaban J connectivity index is 1.35. The third kappa shape index (κ3) is 3.29. The van der Waals surface area contributed by atoms with Gasteiger partial charge in [0.05, 0.1) is 6.04 Å². The molecule has 3 aliphatic heterocycles. The molecule has 1 aliphatic carbocycles. The Hall–Kier alpha value is -3.15. The van der Waals surface area contributed by atoms with Gasteiger partial charge in [-0.05, 0) is 83.7 Å². The summed E-state index contributed by atoms with van der Waals surface area (Å²) in [4.78, 5) is 21.8. The number of rotatable bonds is 2. The molecule has 4 aliphatic rings. The molecule has 0 radical (unpaired) electrons. The topological polar surface area (TPSA) is 45.1 Å². The van der Waals surface area contributed by atoms with Crippen LogP contribution in [0, 0.1) is 11.2 Å². The second-order valence-electron chi connectivity index (χ2n) is 9.56. The summed E-state index contributed by atoms with van der Waals surface area (Å²) in [5.74, 6) is 0.764. The Morgan fingerprint density at radius 3 is 2.78 bits per heavy atom. The number of carbonyl (C=O) groups excluding carboxylic acids is 1. The Labute approximate surface area is 187 Å². The molecule has 6 rings (SSSR count). The highest BCUT2D eigenvalue weighted by Crippen LogP contribution is 2.55. The summed E-state index contributed by atoms with van der Waals surface area (Å²) in [6.45, 7) is 3.81. The summed E-state index contributed by atoms with van der Waals surface area (Å²) < 4.78 is 13.5. The average molecular weight is 432 g/mol. The second-order valence-corrected chi connectivity index (χ2v) is 9.56. The Bertz CT molecular complexity index is 1150. The van der Waals surface area contributed by atoms with Crippen LogP contribution < -0.4 is 4.90 Å². The maximum absolute atomic E-state index is 13.5. The van der Waals surface area contributed by atoms with E-state index in [1.807, 2.05) is 17.0 Å². The van der Waals surface area contributed by atoms with Crippen molar-refractivity contribution in [2.45, 2.75) is 38.6 Å². The van der Waals surface area contributed by atoms with Crippen molar-refractivity contribution < 1.29 is 14.0 Å². The van der Waals surface area contributed by atoms with Crippen molar-refractivity contribution in [1.29, 1.82) is 0 Å². The number of halogens is 1. The first-order chi connectivity index (χ1) is 15.5. The minimum Gasteiger partial charge on any atom is -0.392 e. The van der Waals surface area contributed by atoms with Gasteiger partial charge in [0.25, 0.3) is 0 Å². The molecule has 0 bridgehead atoms. The molecule has 1 saturated carbocycles. The molecular formula is C26H26FN3O2. The molecule has 32 heavy (non-hydrogen) atoms. The lowest BCUT2D eigenvalue weighted by atomic mass is 9.86. The molecule has 1 atom stereocenters. The van der Waals surface area contributed by atoms with Crippen LogP contribution in [0.4, 0.5) is 10.1 Å². The molecule has 1 amide bonds. The van der Waals surface area contributed by atoms with E-state index in [2.05, 4.69) is 34.3 Å². The van der Waals surface area contributed by atoms with E-state index in [1.54, 1.807) is 6.92 Å². The average Bonchev–Trinajstić information content (AvgIpc) is 3.38. The van der Waals surface area contributed by atoms with Crippen LogP contribution in [0.15, 0.2) is 53.2 Å². The normalized spacial score (nSPS) is 24.1. The largest absolute Gasteiger partial charge is 0.392 e. The number of hydrogen-bond acceptors (Lipinski definition) is 4. The van der Waals surface area contributed by atoms with Gasteiger partial charge in [0.1, 0.15) is 12.4 Å². The smallest absolute Gasteiger partial charge is 0.223 e. The molecule has 164 valence electrons. The van der Waals surface area contributed by atoms with Gasteiger partial charge < -0.3 is 14.6 Å². The number of hydrogen-bond donors (Lipinski definition) is 0.